The maximum Gasteiger partial charge on any atom is 0.243 e. The van der Waals surface area contributed by atoms with Crippen LogP contribution in [-0.4, -0.2) is 45.2 Å². The van der Waals surface area contributed by atoms with Crippen molar-refractivity contribution in [3.05, 3.63) is 54.1 Å². The van der Waals surface area contributed by atoms with Crippen LogP contribution in [0.1, 0.15) is 32.3 Å². The lowest BCUT2D eigenvalue weighted by Crippen LogP contribution is -2.43. The van der Waals surface area contributed by atoms with E-state index in [1.807, 2.05) is 45.0 Å². The van der Waals surface area contributed by atoms with E-state index in [0.29, 0.717) is 24.3 Å². The highest BCUT2D eigenvalue weighted by Crippen LogP contribution is 2.28. The molecule has 0 atom stereocenters. The van der Waals surface area contributed by atoms with Crippen LogP contribution in [0.4, 0.5) is 0 Å². The maximum atomic E-state index is 13.0. The second-order valence-corrected chi connectivity index (χ2v) is 12.5. The van der Waals surface area contributed by atoms with E-state index in [4.69, 9.17) is 4.74 Å². The third-order valence-electron chi connectivity index (χ3n) is 5.16. The zero-order valence-corrected chi connectivity index (χ0v) is 19.2. The van der Waals surface area contributed by atoms with Gasteiger partial charge in [-0.05, 0) is 67.6 Å². The zero-order valence-electron chi connectivity index (χ0n) is 17.6. The molecule has 0 radical (unpaired) electrons. The molecule has 164 valence electrons. The van der Waals surface area contributed by atoms with Crippen LogP contribution >= 0.6 is 0 Å². The van der Waals surface area contributed by atoms with Crippen LogP contribution in [0.15, 0.2) is 53.4 Å². The number of hydrogen-bond donors (Lipinski definition) is 0. The first-order valence-corrected chi connectivity index (χ1v) is 13.3. The molecule has 1 aliphatic rings. The minimum absolute atomic E-state index is 0.0669. The van der Waals surface area contributed by atoms with Crippen LogP contribution in [0.25, 0.3) is 0 Å². The molecule has 1 heterocycles. The Balaban J connectivity index is 1.66. The Labute approximate surface area is 179 Å². The Morgan fingerprint density at radius 2 is 1.60 bits per heavy atom. The van der Waals surface area contributed by atoms with Crippen molar-refractivity contribution in [1.82, 2.24) is 4.31 Å². The van der Waals surface area contributed by atoms with Crippen molar-refractivity contribution in [2.45, 2.75) is 43.8 Å². The van der Waals surface area contributed by atoms with E-state index in [9.17, 15) is 16.8 Å². The van der Waals surface area contributed by atoms with Crippen molar-refractivity contribution in [3.63, 3.8) is 0 Å². The van der Waals surface area contributed by atoms with Crippen molar-refractivity contribution >= 4 is 19.9 Å². The summed E-state index contributed by atoms with van der Waals surface area (Å²) in [6, 6.07) is 13.9. The molecule has 0 amide bonds. The third-order valence-corrected chi connectivity index (χ3v) is 9.69. The number of ether oxygens (including phenoxy) is 1. The van der Waals surface area contributed by atoms with E-state index in [2.05, 4.69) is 0 Å². The van der Waals surface area contributed by atoms with Gasteiger partial charge in [0, 0.05) is 13.1 Å². The molecule has 6 nitrogen and oxygen atoms in total. The van der Waals surface area contributed by atoms with Gasteiger partial charge in [-0.1, -0.05) is 26.0 Å². The second kappa shape index (κ2) is 9.08. The van der Waals surface area contributed by atoms with Gasteiger partial charge in [0.05, 0.1) is 15.9 Å². The van der Waals surface area contributed by atoms with E-state index >= 15 is 0 Å². The molecular formula is C22H29NO5S2. The fourth-order valence-corrected chi connectivity index (χ4v) is 7.28. The Bertz CT molecular complexity index is 1070. The highest BCUT2D eigenvalue weighted by atomic mass is 32.2. The molecule has 0 spiro atoms. The van der Waals surface area contributed by atoms with Crippen LogP contribution in [0.3, 0.4) is 0 Å². The number of benzene rings is 2. The molecule has 2 aromatic rings. The Morgan fingerprint density at radius 1 is 0.967 bits per heavy atom. The van der Waals surface area contributed by atoms with Crippen molar-refractivity contribution in [2.24, 2.45) is 5.92 Å². The fourth-order valence-electron chi connectivity index (χ4n) is 3.68. The highest BCUT2D eigenvalue weighted by molar-refractivity contribution is 7.92. The van der Waals surface area contributed by atoms with Gasteiger partial charge in [0.25, 0.3) is 0 Å². The summed E-state index contributed by atoms with van der Waals surface area (Å²) in [5, 5.41) is -0.462. The molecule has 1 fully saturated rings. The number of sulfonamides is 1. The smallest absolute Gasteiger partial charge is 0.243 e. The Kier molecular flexibility index (Phi) is 6.89. The molecular weight excluding hydrogens is 422 g/mol. The number of piperidine rings is 1. The monoisotopic (exact) mass is 451 g/mol. The molecule has 0 bridgehead atoms. The Hall–Kier alpha value is -1.90. The average molecular weight is 452 g/mol. The summed E-state index contributed by atoms with van der Waals surface area (Å²) in [5.41, 5.74) is 1.07. The van der Waals surface area contributed by atoms with Gasteiger partial charge in [0.15, 0.2) is 9.84 Å². The lowest BCUT2D eigenvalue weighted by molar-refractivity contribution is 0.345. The van der Waals surface area contributed by atoms with Crippen LogP contribution < -0.4 is 4.74 Å². The molecule has 8 heteroatoms. The minimum atomic E-state index is -3.67. The highest BCUT2D eigenvalue weighted by Gasteiger charge is 2.35. The number of sulfone groups is 1. The van der Waals surface area contributed by atoms with Gasteiger partial charge >= 0.3 is 0 Å². The van der Waals surface area contributed by atoms with Crippen molar-refractivity contribution in [3.8, 4) is 11.5 Å². The number of rotatable bonds is 7. The van der Waals surface area contributed by atoms with Crippen LogP contribution in [0.5, 0.6) is 11.5 Å². The summed E-state index contributed by atoms with van der Waals surface area (Å²) in [6.07, 6.45) is 0.672. The minimum Gasteiger partial charge on any atom is -0.457 e. The van der Waals surface area contributed by atoms with Crippen LogP contribution in [-0.2, 0) is 19.9 Å². The molecule has 0 aromatic heterocycles. The van der Waals surface area contributed by atoms with Gasteiger partial charge in [-0.3, -0.25) is 0 Å². The van der Waals surface area contributed by atoms with Crippen LogP contribution in [0.2, 0.25) is 0 Å². The number of hydrogen-bond acceptors (Lipinski definition) is 5. The average Bonchev–Trinajstić information content (AvgIpc) is 2.67. The van der Waals surface area contributed by atoms with Crippen LogP contribution in [0, 0.1) is 12.8 Å². The quantitative estimate of drug-likeness (QED) is 0.635. The van der Waals surface area contributed by atoms with E-state index in [0.717, 1.165) is 5.56 Å². The summed E-state index contributed by atoms with van der Waals surface area (Å²) in [7, 11) is -6.86. The normalized spacial score (nSPS) is 16.7. The molecule has 3 rings (SSSR count). The second-order valence-electron chi connectivity index (χ2n) is 8.22. The molecule has 30 heavy (non-hydrogen) atoms. The molecule has 1 aliphatic heterocycles. The van der Waals surface area contributed by atoms with Crippen molar-refractivity contribution in [2.75, 3.05) is 18.8 Å². The van der Waals surface area contributed by atoms with Crippen molar-refractivity contribution in [1.29, 1.82) is 0 Å². The van der Waals surface area contributed by atoms with Gasteiger partial charge in [-0.2, -0.15) is 4.31 Å². The largest absolute Gasteiger partial charge is 0.457 e. The SMILES string of the molecule is Cc1cccc(Oc2ccc(S(=O)(=O)N3CCC(S(=O)(=O)CC(C)C)CC3)cc2)c1. The lowest BCUT2D eigenvalue weighted by Gasteiger charge is -2.31. The fraction of sp³-hybridized carbons (Fsp3) is 0.455. The summed E-state index contributed by atoms with van der Waals surface area (Å²) >= 11 is 0. The van der Waals surface area contributed by atoms with E-state index in [-0.39, 0.29) is 29.7 Å². The predicted molar refractivity (Wildman–Crippen MR) is 118 cm³/mol. The molecule has 2 aromatic carbocycles. The summed E-state index contributed by atoms with van der Waals surface area (Å²) in [5.74, 6) is 1.46. The van der Waals surface area contributed by atoms with Gasteiger partial charge < -0.3 is 4.74 Å². The van der Waals surface area contributed by atoms with E-state index in [1.54, 1.807) is 12.1 Å². The zero-order chi connectivity index (χ0) is 21.9. The predicted octanol–water partition coefficient (Wildman–Crippen LogP) is 4.01. The summed E-state index contributed by atoms with van der Waals surface area (Å²) in [4.78, 5) is 0.183. The molecule has 0 saturated carbocycles. The summed E-state index contributed by atoms with van der Waals surface area (Å²) in [6.45, 7) is 6.16. The number of aryl methyl sites for hydroxylation is 1. The topological polar surface area (TPSA) is 80.8 Å². The first-order valence-electron chi connectivity index (χ1n) is 10.1. The molecule has 1 saturated heterocycles. The van der Waals surface area contributed by atoms with Gasteiger partial charge in [0.2, 0.25) is 10.0 Å². The summed E-state index contributed by atoms with van der Waals surface area (Å²) < 4.78 is 58.0. The van der Waals surface area contributed by atoms with Gasteiger partial charge in [-0.25, -0.2) is 16.8 Å². The first kappa shape index (κ1) is 22.8. The Morgan fingerprint density at radius 3 is 2.17 bits per heavy atom. The van der Waals surface area contributed by atoms with E-state index in [1.165, 1.54) is 16.4 Å². The third kappa shape index (κ3) is 5.42. The molecule has 0 unspecified atom stereocenters. The van der Waals surface area contributed by atoms with E-state index < -0.39 is 25.1 Å². The molecule has 0 aliphatic carbocycles. The first-order chi connectivity index (χ1) is 14.1. The molecule has 0 N–H and O–H groups in total. The lowest BCUT2D eigenvalue weighted by atomic mass is 10.2. The van der Waals surface area contributed by atoms with Gasteiger partial charge in [0.1, 0.15) is 11.5 Å². The van der Waals surface area contributed by atoms with Crippen molar-refractivity contribution < 1.29 is 21.6 Å². The van der Waals surface area contributed by atoms with Gasteiger partial charge in [-0.15, -0.1) is 0 Å². The number of nitrogens with zero attached hydrogens (tertiary/aromatic N) is 1. The maximum absolute atomic E-state index is 13.0. The standard InChI is InChI=1S/C22H29NO5S2/c1-17(2)16-29(24,25)21-11-13-23(14-12-21)30(26,27)22-9-7-19(8-10-22)28-20-6-4-5-18(3)15-20/h4-10,15,17,21H,11-14,16H2,1-3H3.